The van der Waals surface area contributed by atoms with Gasteiger partial charge in [-0.25, -0.2) is 8.78 Å². The van der Waals surface area contributed by atoms with Crippen molar-refractivity contribution in [1.82, 2.24) is 14.8 Å². The summed E-state index contributed by atoms with van der Waals surface area (Å²) in [4.78, 5) is 19.9. The van der Waals surface area contributed by atoms with Crippen LogP contribution >= 0.6 is 0 Å². The maximum absolute atomic E-state index is 13.6. The number of hydrogen-bond acceptors (Lipinski definition) is 5. The number of fused-ring (bicyclic) bond motifs is 1. The first kappa shape index (κ1) is 18.6. The number of nitrogens with one attached hydrogen (secondary N) is 1. The number of halogens is 2. The molecule has 28 heavy (non-hydrogen) atoms. The minimum absolute atomic E-state index is 0.00114. The molecule has 1 amide bonds. The van der Waals surface area contributed by atoms with Gasteiger partial charge in [0, 0.05) is 36.6 Å². The van der Waals surface area contributed by atoms with Crippen LogP contribution in [-0.4, -0.2) is 65.1 Å². The largest absolute Gasteiger partial charge is 0.380 e. The number of rotatable bonds is 4. The molecule has 0 bridgehead atoms. The van der Waals surface area contributed by atoms with Crippen LogP contribution in [0.2, 0.25) is 0 Å². The van der Waals surface area contributed by atoms with Gasteiger partial charge in [0.25, 0.3) is 0 Å². The number of carbonyl (C=O) groups is 1. The van der Waals surface area contributed by atoms with Crippen LogP contribution in [0.4, 0.5) is 14.5 Å². The Balaban J connectivity index is 1.38. The van der Waals surface area contributed by atoms with E-state index in [9.17, 15) is 13.6 Å². The molecule has 0 aliphatic carbocycles. The summed E-state index contributed by atoms with van der Waals surface area (Å²) in [5.74, 6) is -0.590. The van der Waals surface area contributed by atoms with Gasteiger partial charge in [-0.3, -0.25) is 14.7 Å². The van der Waals surface area contributed by atoms with Crippen LogP contribution in [0.5, 0.6) is 0 Å². The summed E-state index contributed by atoms with van der Waals surface area (Å²) >= 11 is 0. The summed E-state index contributed by atoms with van der Waals surface area (Å²) in [7, 11) is 0. The van der Waals surface area contributed by atoms with Gasteiger partial charge in [0.2, 0.25) is 5.91 Å². The molecule has 0 radical (unpaired) electrons. The number of benzene rings is 1. The van der Waals surface area contributed by atoms with E-state index in [4.69, 9.17) is 5.26 Å². The van der Waals surface area contributed by atoms with Gasteiger partial charge in [-0.05, 0) is 24.6 Å². The number of nitriles is 1. The number of pyridine rings is 1. The second-order valence-electron chi connectivity index (χ2n) is 7.41. The van der Waals surface area contributed by atoms with Gasteiger partial charge in [-0.15, -0.1) is 0 Å². The number of aromatic nitrogens is 1. The van der Waals surface area contributed by atoms with Crippen molar-refractivity contribution in [1.29, 1.82) is 5.26 Å². The molecule has 3 heterocycles. The summed E-state index contributed by atoms with van der Waals surface area (Å²) in [6, 6.07) is 8.51. The minimum Gasteiger partial charge on any atom is -0.380 e. The number of hydrogen-bond donors (Lipinski definition) is 1. The van der Waals surface area contributed by atoms with Gasteiger partial charge in [0.05, 0.1) is 30.9 Å². The molecule has 146 valence electrons. The predicted octanol–water partition coefficient (Wildman–Crippen LogP) is 2.32. The highest BCUT2D eigenvalue weighted by Crippen LogP contribution is 2.25. The van der Waals surface area contributed by atoms with Crippen molar-refractivity contribution in [2.75, 3.05) is 31.5 Å². The van der Waals surface area contributed by atoms with Gasteiger partial charge >= 0.3 is 0 Å². The SMILES string of the molecule is N#C[C@@H]1C[C@H](F)CN1C(=O)CN1CC[C@@H](Nc2cccc3ncc(F)cc23)C1. The maximum atomic E-state index is 13.6. The van der Waals surface area contributed by atoms with E-state index in [1.165, 1.54) is 17.2 Å². The average Bonchev–Trinajstić information content (AvgIpc) is 3.28. The summed E-state index contributed by atoms with van der Waals surface area (Å²) in [6.07, 6.45) is 1.00. The molecule has 2 fully saturated rings. The second-order valence-corrected chi connectivity index (χ2v) is 7.41. The van der Waals surface area contributed by atoms with Crippen molar-refractivity contribution < 1.29 is 13.6 Å². The first-order valence-corrected chi connectivity index (χ1v) is 9.40. The van der Waals surface area contributed by atoms with E-state index in [1.54, 1.807) is 0 Å². The number of likely N-dealkylation sites (tertiary alicyclic amines) is 2. The molecule has 1 aromatic heterocycles. The number of carbonyl (C=O) groups excluding carboxylic acids is 1. The summed E-state index contributed by atoms with van der Waals surface area (Å²) in [5, 5.41) is 13.3. The van der Waals surface area contributed by atoms with E-state index in [0.29, 0.717) is 12.1 Å². The van der Waals surface area contributed by atoms with Gasteiger partial charge in [0.1, 0.15) is 18.0 Å². The van der Waals surface area contributed by atoms with Crippen LogP contribution in [0, 0.1) is 17.1 Å². The van der Waals surface area contributed by atoms with E-state index in [-0.39, 0.29) is 37.3 Å². The molecule has 2 saturated heterocycles. The lowest BCUT2D eigenvalue weighted by molar-refractivity contribution is -0.132. The second kappa shape index (κ2) is 7.68. The first-order valence-electron chi connectivity index (χ1n) is 9.40. The molecule has 0 saturated carbocycles. The van der Waals surface area contributed by atoms with Crippen LogP contribution in [0.15, 0.2) is 30.5 Å². The highest BCUT2D eigenvalue weighted by Gasteiger charge is 2.36. The molecule has 2 aliphatic heterocycles. The zero-order valence-corrected chi connectivity index (χ0v) is 15.3. The normalized spacial score (nSPS) is 25.2. The third-order valence-electron chi connectivity index (χ3n) is 5.40. The van der Waals surface area contributed by atoms with Gasteiger partial charge in [0.15, 0.2) is 0 Å². The van der Waals surface area contributed by atoms with Crippen LogP contribution in [0.1, 0.15) is 12.8 Å². The number of alkyl halides is 1. The fourth-order valence-electron chi connectivity index (χ4n) is 4.03. The smallest absolute Gasteiger partial charge is 0.237 e. The van der Waals surface area contributed by atoms with Crippen molar-refractivity contribution in [3.8, 4) is 6.07 Å². The average molecular weight is 385 g/mol. The lowest BCUT2D eigenvalue weighted by Crippen LogP contribution is -2.42. The molecular formula is C20H21F2N5O. The van der Waals surface area contributed by atoms with Crippen molar-refractivity contribution in [3.05, 3.63) is 36.3 Å². The lowest BCUT2D eigenvalue weighted by atomic mass is 10.1. The van der Waals surface area contributed by atoms with E-state index in [2.05, 4.69) is 10.3 Å². The Morgan fingerprint density at radius 3 is 3.07 bits per heavy atom. The zero-order chi connectivity index (χ0) is 19.7. The van der Waals surface area contributed by atoms with Crippen LogP contribution < -0.4 is 5.32 Å². The van der Waals surface area contributed by atoms with Crippen LogP contribution in [-0.2, 0) is 4.79 Å². The maximum Gasteiger partial charge on any atom is 0.237 e. The summed E-state index contributed by atoms with van der Waals surface area (Å²) in [6.45, 7) is 1.55. The topological polar surface area (TPSA) is 72.3 Å². The molecule has 6 nitrogen and oxygen atoms in total. The van der Waals surface area contributed by atoms with Gasteiger partial charge in [-0.2, -0.15) is 5.26 Å². The van der Waals surface area contributed by atoms with Crippen LogP contribution in [0.3, 0.4) is 0 Å². The molecule has 0 spiro atoms. The molecular weight excluding hydrogens is 364 g/mol. The van der Waals surface area contributed by atoms with Gasteiger partial charge < -0.3 is 10.2 Å². The Hall–Kier alpha value is -2.79. The summed E-state index contributed by atoms with van der Waals surface area (Å²) in [5.41, 5.74) is 1.53. The van der Waals surface area contributed by atoms with Crippen LogP contribution in [0.25, 0.3) is 10.9 Å². The molecule has 2 aliphatic rings. The van der Waals surface area contributed by atoms with E-state index in [0.717, 1.165) is 24.0 Å². The van der Waals surface area contributed by atoms with Crippen molar-refractivity contribution in [2.24, 2.45) is 0 Å². The Morgan fingerprint density at radius 1 is 1.39 bits per heavy atom. The highest BCUT2D eigenvalue weighted by molar-refractivity contribution is 5.91. The van der Waals surface area contributed by atoms with E-state index in [1.807, 2.05) is 29.2 Å². The number of amides is 1. The Morgan fingerprint density at radius 2 is 2.25 bits per heavy atom. The molecule has 1 aromatic carbocycles. The van der Waals surface area contributed by atoms with E-state index < -0.39 is 12.2 Å². The quantitative estimate of drug-likeness (QED) is 0.875. The molecule has 1 N–H and O–H groups in total. The highest BCUT2D eigenvalue weighted by atomic mass is 19.1. The third kappa shape index (κ3) is 3.76. The fraction of sp³-hybridized carbons (Fsp3) is 0.450. The van der Waals surface area contributed by atoms with Crippen molar-refractivity contribution in [3.63, 3.8) is 0 Å². The zero-order valence-electron chi connectivity index (χ0n) is 15.3. The Kier molecular flexibility index (Phi) is 5.09. The minimum atomic E-state index is -1.12. The van der Waals surface area contributed by atoms with Crippen molar-refractivity contribution >= 4 is 22.5 Å². The number of nitrogens with zero attached hydrogens (tertiary/aromatic N) is 4. The molecule has 0 unspecified atom stereocenters. The molecule has 2 aromatic rings. The first-order chi connectivity index (χ1) is 13.5. The molecule has 3 atom stereocenters. The Bertz CT molecular complexity index is 930. The van der Waals surface area contributed by atoms with Gasteiger partial charge in [-0.1, -0.05) is 6.07 Å². The van der Waals surface area contributed by atoms with E-state index >= 15 is 0 Å². The Labute approximate surface area is 161 Å². The number of anilines is 1. The predicted molar refractivity (Wildman–Crippen MR) is 101 cm³/mol. The van der Waals surface area contributed by atoms with Crippen molar-refractivity contribution in [2.45, 2.75) is 31.1 Å². The fourth-order valence-corrected chi connectivity index (χ4v) is 4.03. The third-order valence-corrected chi connectivity index (χ3v) is 5.40. The monoisotopic (exact) mass is 385 g/mol. The lowest BCUT2D eigenvalue weighted by Gasteiger charge is -2.23. The standard InChI is InChI=1S/C20H21F2N5O/c21-13-7-17-18(24-9-13)2-1-3-19(17)25-15-4-5-26(11-15)12-20(28)27-10-14(22)6-16(27)8-23/h1-3,7,9,14-16,25H,4-6,10-12H2/t14-,15+,16-/m0/s1. The molecule has 8 heteroatoms. The summed E-state index contributed by atoms with van der Waals surface area (Å²) < 4.78 is 27.1. The molecule has 4 rings (SSSR count).